The van der Waals surface area contributed by atoms with Crippen molar-refractivity contribution in [2.75, 3.05) is 0 Å². The van der Waals surface area contributed by atoms with Crippen LogP contribution in [-0.2, 0) is 6.54 Å². The molecule has 0 saturated heterocycles. The van der Waals surface area contributed by atoms with Crippen molar-refractivity contribution in [2.45, 2.75) is 6.54 Å². The molecular weight excluding hydrogens is 249 g/mol. The molecule has 1 heterocycles. The van der Waals surface area contributed by atoms with E-state index >= 15 is 0 Å². The summed E-state index contributed by atoms with van der Waals surface area (Å²) in [4.78, 5) is 3.79. The van der Waals surface area contributed by atoms with E-state index < -0.39 is 0 Å². The van der Waals surface area contributed by atoms with Gasteiger partial charge in [-0.05, 0) is 17.2 Å². The van der Waals surface area contributed by atoms with E-state index in [4.69, 9.17) is 17.3 Å². The summed E-state index contributed by atoms with van der Waals surface area (Å²) in [7, 11) is 0. The van der Waals surface area contributed by atoms with Crippen molar-refractivity contribution >= 4 is 24.0 Å². The number of hydrogen-bond donors (Lipinski definition) is 2. The van der Waals surface area contributed by atoms with Crippen LogP contribution in [0.4, 0.5) is 0 Å². The maximum Gasteiger partial charge on any atom is 0.237 e. The molecule has 0 saturated carbocycles. The number of rotatable bonds is 2. The van der Waals surface area contributed by atoms with E-state index in [-0.39, 0.29) is 17.7 Å². The van der Waals surface area contributed by atoms with Crippen molar-refractivity contribution in [3.05, 3.63) is 41.3 Å². The Kier molecular flexibility index (Phi) is 4.18. The van der Waals surface area contributed by atoms with E-state index in [0.29, 0.717) is 12.2 Å². The molecule has 3 N–H and O–H groups in total. The molecule has 4 nitrogen and oxygen atoms in total. The van der Waals surface area contributed by atoms with Gasteiger partial charge in [-0.1, -0.05) is 24.3 Å². The Morgan fingerprint density at radius 3 is 2.38 bits per heavy atom. The lowest BCUT2D eigenvalue weighted by molar-refractivity contribution is 0.191. The average Bonchev–Trinajstić information content (AvgIpc) is 2.60. The fraction of sp³-hybridized carbons (Fsp3) is 0.100. The maximum atomic E-state index is 9.52. The Labute approximate surface area is 104 Å². The van der Waals surface area contributed by atoms with Gasteiger partial charge in [-0.3, -0.25) is 0 Å². The minimum absolute atomic E-state index is 0. The zero-order valence-electron chi connectivity index (χ0n) is 8.30. The van der Waals surface area contributed by atoms with E-state index in [9.17, 15) is 5.21 Å². The molecule has 1 aromatic heterocycles. The van der Waals surface area contributed by atoms with Crippen molar-refractivity contribution in [2.24, 2.45) is 5.73 Å². The van der Waals surface area contributed by atoms with Crippen LogP contribution in [0.3, 0.4) is 0 Å². The van der Waals surface area contributed by atoms with Crippen LogP contribution >= 0.6 is 24.0 Å². The molecule has 0 aliphatic heterocycles. The minimum Gasteiger partial charge on any atom is -0.425 e. The van der Waals surface area contributed by atoms with E-state index in [0.717, 1.165) is 15.9 Å². The number of halogens is 2. The first-order valence-corrected chi connectivity index (χ1v) is 4.82. The summed E-state index contributed by atoms with van der Waals surface area (Å²) in [5.41, 5.74) is 7.92. The Bertz CT molecular complexity index is 467. The third kappa shape index (κ3) is 2.29. The first-order chi connectivity index (χ1) is 7.22. The van der Waals surface area contributed by atoms with Gasteiger partial charge in [0, 0.05) is 12.1 Å². The van der Waals surface area contributed by atoms with Gasteiger partial charge in [0.05, 0.1) is 6.20 Å². The Morgan fingerprint density at radius 1 is 1.31 bits per heavy atom. The standard InChI is InChI=1S/C10H10ClN3O.ClH/c11-10-13-6-9(14(10)15)8-3-1-7(5-12)2-4-8;/h1-4,6,15H,5,12H2;1H. The van der Waals surface area contributed by atoms with Gasteiger partial charge >= 0.3 is 0 Å². The van der Waals surface area contributed by atoms with Crippen LogP contribution < -0.4 is 5.73 Å². The van der Waals surface area contributed by atoms with E-state index in [2.05, 4.69) is 4.98 Å². The minimum atomic E-state index is 0. The van der Waals surface area contributed by atoms with Crippen LogP contribution in [0.15, 0.2) is 30.5 Å². The highest BCUT2D eigenvalue weighted by atomic mass is 35.5. The molecule has 0 atom stereocenters. The number of benzene rings is 1. The third-order valence-electron chi connectivity index (χ3n) is 2.18. The van der Waals surface area contributed by atoms with Gasteiger partial charge in [-0.15, -0.1) is 12.4 Å². The van der Waals surface area contributed by atoms with Crippen LogP contribution in [0.5, 0.6) is 0 Å². The quantitative estimate of drug-likeness (QED) is 0.814. The van der Waals surface area contributed by atoms with E-state index in [1.54, 1.807) is 0 Å². The van der Waals surface area contributed by atoms with Crippen molar-refractivity contribution in [1.82, 2.24) is 9.71 Å². The topological polar surface area (TPSA) is 64.1 Å². The number of aromatic nitrogens is 2. The van der Waals surface area contributed by atoms with Crippen LogP contribution in [0, 0.1) is 0 Å². The van der Waals surface area contributed by atoms with Crippen LogP contribution in [0.2, 0.25) is 5.28 Å². The van der Waals surface area contributed by atoms with Crippen molar-refractivity contribution in [3.63, 3.8) is 0 Å². The second kappa shape index (κ2) is 5.21. The summed E-state index contributed by atoms with van der Waals surface area (Å²) < 4.78 is 0.846. The zero-order chi connectivity index (χ0) is 10.8. The lowest BCUT2D eigenvalue weighted by Gasteiger charge is -2.02. The molecule has 0 aliphatic carbocycles. The molecule has 2 aromatic rings. The van der Waals surface area contributed by atoms with Gasteiger partial charge in [-0.2, -0.15) is 4.73 Å². The summed E-state index contributed by atoms with van der Waals surface area (Å²) in [5.74, 6) is 0. The van der Waals surface area contributed by atoms with E-state index in [1.807, 2.05) is 24.3 Å². The number of hydrogen-bond acceptors (Lipinski definition) is 3. The summed E-state index contributed by atoms with van der Waals surface area (Å²) in [6, 6.07) is 7.52. The van der Waals surface area contributed by atoms with Crippen molar-refractivity contribution in [1.29, 1.82) is 0 Å². The lowest BCUT2D eigenvalue weighted by atomic mass is 10.1. The SMILES string of the molecule is Cl.NCc1ccc(-c2cnc(Cl)n2O)cc1. The van der Waals surface area contributed by atoms with Crippen molar-refractivity contribution in [3.8, 4) is 11.3 Å². The van der Waals surface area contributed by atoms with Crippen molar-refractivity contribution < 1.29 is 5.21 Å². The predicted molar refractivity (Wildman–Crippen MR) is 65.0 cm³/mol. The maximum absolute atomic E-state index is 9.52. The van der Waals surface area contributed by atoms with Crippen LogP contribution in [0.25, 0.3) is 11.3 Å². The monoisotopic (exact) mass is 259 g/mol. The second-order valence-corrected chi connectivity index (χ2v) is 3.46. The van der Waals surface area contributed by atoms with E-state index in [1.165, 1.54) is 6.20 Å². The van der Waals surface area contributed by atoms with Gasteiger partial charge in [0.2, 0.25) is 5.28 Å². The Morgan fingerprint density at radius 2 is 1.94 bits per heavy atom. The fourth-order valence-electron chi connectivity index (χ4n) is 1.33. The Balaban J connectivity index is 0.00000128. The number of imidazole rings is 1. The molecule has 1 aromatic carbocycles. The third-order valence-corrected chi connectivity index (χ3v) is 2.44. The largest absolute Gasteiger partial charge is 0.425 e. The summed E-state index contributed by atoms with van der Waals surface area (Å²) in [6.07, 6.45) is 1.51. The molecular formula is C10H11Cl2N3O. The first-order valence-electron chi connectivity index (χ1n) is 4.44. The number of nitrogens with zero attached hydrogens (tertiary/aromatic N) is 2. The van der Waals surface area contributed by atoms with Gasteiger partial charge < -0.3 is 10.9 Å². The molecule has 0 bridgehead atoms. The molecule has 2 rings (SSSR count). The molecule has 0 amide bonds. The molecule has 86 valence electrons. The van der Waals surface area contributed by atoms with Gasteiger partial charge in [0.1, 0.15) is 5.69 Å². The summed E-state index contributed by atoms with van der Waals surface area (Å²) in [6.45, 7) is 0.499. The second-order valence-electron chi connectivity index (χ2n) is 3.13. The van der Waals surface area contributed by atoms with Gasteiger partial charge in [0.15, 0.2) is 0 Å². The van der Waals surface area contributed by atoms with Crippen LogP contribution in [-0.4, -0.2) is 14.9 Å². The molecule has 0 fully saturated rings. The lowest BCUT2D eigenvalue weighted by Crippen LogP contribution is -1.96. The van der Waals surface area contributed by atoms with Gasteiger partial charge in [-0.25, -0.2) is 4.98 Å². The highest BCUT2D eigenvalue weighted by Gasteiger charge is 2.08. The molecule has 0 aliphatic rings. The smallest absolute Gasteiger partial charge is 0.237 e. The normalized spacial score (nSPS) is 9.88. The Hall–Kier alpha value is -1.23. The molecule has 16 heavy (non-hydrogen) atoms. The molecule has 6 heteroatoms. The predicted octanol–water partition coefficient (Wildman–Crippen LogP) is 2.32. The fourth-order valence-corrected chi connectivity index (χ4v) is 1.47. The highest BCUT2D eigenvalue weighted by Crippen LogP contribution is 2.21. The number of nitrogens with two attached hydrogens (primary N) is 1. The average molecular weight is 260 g/mol. The van der Waals surface area contributed by atoms with Gasteiger partial charge in [0.25, 0.3) is 0 Å². The van der Waals surface area contributed by atoms with Crippen LogP contribution in [0.1, 0.15) is 5.56 Å². The zero-order valence-corrected chi connectivity index (χ0v) is 9.87. The summed E-state index contributed by atoms with van der Waals surface area (Å²) in [5, 5.41) is 9.56. The molecule has 0 radical (unpaired) electrons. The highest BCUT2D eigenvalue weighted by molar-refractivity contribution is 6.28. The first kappa shape index (κ1) is 12.8. The molecule has 0 spiro atoms. The molecule has 0 unspecified atom stereocenters. The summed E-state index contributed by atoms with van der Waals surface area (Å²) >= 11 is 5.62.